The summed E-state index contributed by atoms with van der Waals surface area (Å²) < 4.78 is 68.8. The summed E-state index contributed by atoms with van der Waals surface area (Å²) in [5, 5.41) is 0. The van der Waals surface area contributed by atoms with Crippen LogP contribution in [0.15, 0.2) is 141 Å². The second-order valence-corrected chi connectivity index (χ2v) is 13.0. The maximum absolute atomic E-state index is 13.2. The third-order valence-electron chi connectivity index (χ3n) is 6.26. The molecule has 0 N–H and O–H groups in total. The normalized spacial score (nSPS) is 11.6. The molecule has 0 heterocycles. The zero-order valence-corrected chi connectivity index (χ0v) is 23.9. The number of benzene rings is 5. The van der Waals surface area contributed by atoms with Crippen LogP contribution in [0.3, 0.4) is 0 Å². The van der Waals surface area contributed by atoms with Crippen molar-refractivity contribution < 1.29 is 31.0 Å². The molecule has 0 fully saturated rings. The summed E-state index contributed by atoms with van der Waals surface area (Å²) in [6.07, 6.45) is 0. The van der Waals surface area contributed by atoms with Crippen molar-refractivity contribution in [2.75, 3.05) is 7.11 Å². The van der Waals surface area contributed by atoms with Crippen LogP contribution in [-0.4, -0.2) is 23.9 Å². The molecule has 0 atom stereocenters. The van der Waals surface area contributed by atoms with Gasteiger partial charge in [0.15, 0.2) is 0 Å². The zero-order chi connectivity index (χ0) is 29.0. The minimum Gasteiger partial charge on any atom is -0.497 e. The van der Waals surface area contributed by atoms with Gasteiger partial charge in [-0.2, -0.15) is 0 Å². The first-order valence-electron chi connectivity index (χ1n) is 12.5. The van der Waals surface area contributed by atoms with E-state index in [1.165, 1.54) is 36.4 Å². The number of hydrogen-bond donors (Lipinski definition) is 0. The lowest BCUT2D eigenvalue weighted by Crippen LogP contribution is -2.02. The Morgan fingerprint density at radius 1 is 0.390 bits per heavy atom. The quantitative estimate of drug-likeness (QED) is 0.179. The summed E-state index contributed by atoms with van der Waals surface area (Å²) in [7, 11) is -5.84. The van der Waals surface area contributed by atoms with Crippen LogP contribution >= 0.6 is 0 Å². The first kappa shape index (κ1) is 27.9. The van der Waals surface area contributed by atoms with Crippen LogP contribution in [-0.2, 0) is 19.7 Å². The highest BCUT2D eigenvalue weighted by Crippen LogP contribution is 2.30. The molecule has 5 aromatic carbocycles. The Hall–Kier alpha value is -4.60. The van der Waals surface area contributed by atoms with Crippen molar-refractivity contribution in [2.24, 2.45) is 0 Å². The molecule has 0 aliphatic heterocycles. The SMILES string of the molecule is COc1ccc(Oc2ccc(S(=O)(=O)c3ccc(Oc4ccc(S(=O)(=O)c5ccc(C)cc5)cc4)cc3)cc2)cc1. The van der Waals surface area contributed by atoms with Gasteiger partial charge >= 0.3 is 0 Å². The van der Waals surface area contributed by atoms with Gasteiger partial charge in [0.1, 0.15) is 28.7 Å². The molecule has 41 heavy (non-hydrogen) atoms. The van der Waals surface area contributed by atoms with Crippen LogP contribution in [0, 0.1) is 6.92 Å². The van der Waals surface area contributed by atoms with Gasteiger partial charge in [0, 0.05) is 0 Å². The number of ether oxygens (including phenoxy) is 3. The molecule has 0 spiro atoms. The fourth-order valence-electron chi connectivity index (χ4n) is 3.97. The van der Waals surface area contributed by atoms with Crippen LogP contribution in [0.4, 0.5) is 0 Å². The summed E-state index contributed by atoms with van der Waals surface area (Å²) in [4.78, 5) is 0.593. The number of rotatable bonds is 9. The summed E-state index contributed by atoms with van der Waals surface area (Å²) in [6, 6.07) is 32.0. The fraction of sp³-hybridized carbons (Fsp3) is 0.0625. The molecular weight excluding hydrogens is 560 g/mol. The Morgan fingerprint density at radius 3 is 0.927 bits per heavy atom. The third-order valence-corrected chi connectivity index (χ3v) is 9.84. The maximum atomic E-state index is 13.2. The molecular formula is C32H26O7S2. The molecule has 7 nitrogen and oxygen atoms in total. The Bertz CT molecular complexity index is 1850. The molecule has 0 aromatic heterocycles. The lowest BCUT2D eigenvalue weighted by atomic mass is 10.2. The standard InChI is InChI=1S/C32H26O7S2/c1-23-3-15-29(16-4-23)40(33,34)30-17-11-27(12-18-30)39-28-13-21-32(22-14-28)41(35,36)31-19-9-26(10-20-31)38-25-7-5-24(37-2)6-8-25/h3-22H,1-2H3. The number of hydrogen-bond acceptors (Lipinski definition) is 7. The van der Waals surface area contributed by atoms with Crippen molar-refractivity contribution in [3.63, 3.8) is 0 Å². The van der Waals surface area contributed by atoms with Gasteiger partial charge in [-0.05, 0) is 116 Å². The predicted octanol–water partition coefficient (Wildman–Crippen LogP) is 7.25. The van der Waals surface area contributed by atoms with Crippen LogP contribution < -0.4 is 14.2 Å². The molecule has 0 saturated carbocycles. The largest absolute Gasteiger partial charge is 0.497 e. The topological polar surface area (TPSA) is 96.0 Å². The van der Waals surface area contributed by atoms with Crippen molar-refractivity contribution >= 4 is 19.7 Å². The summed E-state index contributed by atoms with van der Waals surface area (Å²) in [5.41, 5.74) is 0.972. The van der Waals surface area contributed by atoms with Crippen LogP contribution in [0.1, 0.15) is 5.56 Å². The summed E-state index contributed by atoms with van der Waals surface area (Å²) >= 11 is 0. The third kappa shape index (κ3) is 6.26. The van der Waals surface area contributed by atoms with Gasteiger partial charge in [-0.15, -0.1) is 0 Å². The van der Waals surface area contributed by atoms with Gasteiger partial charge in [0.25, 0.3) is 0 Å². The van der Waals surface area contributed by atoms with E-state index in [1.54, 1.807) is 92.0 Å². The molecule has 0 unspecified atom stereocenters. The Morgan fingerprint density at radius 2 is 0.634 bits per heavy atom. The van der Waals surface area contributed by atoms with Crippen molar-refractivity contribution in [2.45, 2.75) is 26.5 Å². The lowest BCUT2D eigenvalue weighted by Gasteiger charge is -2.10. The first-order valence-corrected chi connectivity index (χ1v) is 15.5. The molecule has 208 valence electrons. The highest BCUT2D eigenvalue weighted by Gasteiger charge is 2.19. The zero-order valence-electron chi connectivity index (χ0n) is 22.2. The van der Waals surface area contributed by atoms with E-state index in [-0.39, 0.29) is 19.6 Å². The average Bonchev–Trinajstić information content (AvgIpc) is 2.99. The molecule has 9 heteroatoms. The van der Waals surface area contributed by atoms with E-state index in [4.69, 9.17) is 14.2 Å². The Kier molecular flexibility index (Phi) is 7.83. The molecule has 0 amide bonds. The molecule has 0 bridgehead atoms. The Balaban J connectivity index is 1.25. The smallest absolute Gasteiger partial charge is 0.206 e. The van der Waals surface area contributed by atoms with E-state index in [9.17, 15) is 16.8 Å². The van der Waals surface area contributed by atoms with Crippen LogP contribution in [0.2, 0.25) is 0 Å². The van der Waals surface area contributed by atoms with Crippen molar-refractivity contribution in [1.29, 1.82) is 0 Å². The maximum Gasteiger partial charge on any atom is 0.206 e. The molecule has 0 aliphatic rings. The summed E-state index contributed by atoms with van der Waals surface area (Å²) in [5.74, 6) is 2.62. The van der Waals surface area contributed by atoms with Gasteiger partial charge in [-0.25, -0.2) is 16.8 Å². The van der Waals surface area contributed by atoms with Gasteiger partial charge in [-0.1, -0.05) is 17.7 Å². The van der Waals surface area contributed by atoms with E-state index in [0.717, 1.165) is 5.56 Å². The number of sulfone groups is 2. The molecule has 0 aliphatic carbocycles. The van der Waals surface area contributed by atoms with E-state index < -0.39 is 19.7 Å². The second kappa shape index (κ2) is 11.5. The van der Waals surface area contributed by atoms with Crippen molar-refractivity contribution in [3.05, 3.63) is 127 Å². The monoisotopic (exact) mass is 586 g/mol. The average molecular weight is 587 g/mol. The molecule has 0 saturated heterocycles. The van der Waals surface area contributed by atoms with Gasteiger partial charge in [-0.3, -0.25) is 0 Å². The fourth-order valence-corrected chi connectivity index (χ4v) is 6.49. The molecule has 5 rings (SSSR count). The summed E-state index contributed by atoms with van der Waals surface area (Å²) in [6.45, 7) is 1.89. The minimum absolute atomic E-state index is 0.105. The molecule has 0 radical (unpaired) electrons. The molecule has 5 aromatic rings. The van der Waals surface area contributed by atoms with Gasteiger partial charge in [0.05, 0.1) is 26.7 Å². The Labute approximate surface area is 239 Å². The van der Waals surface area contributed by atoms with Crippen LogP contribution in [0.5, 0.6) is 28.7 Å². The van der Waals surface area contributed by atoms with E-state index in [1.807, 2.05) is 6.92 Å². The predicted molar refractivity (Wildman–Crippen MR) is 155 cm³/mol. The van der Waals surface area contributed by atoms with Crippen molar-refractivity contribution in [3.8, 4) is 28.7 Å². The second-order valence-electron chi connectivity index (χ2n) is 9.11. The minimum atomic E-state index is -3.77. The highest BCUT2D eigenvalue weighted by molar-refractivity contribution is 7.91. The number of methoxy groups -OCH3 is 1. The highest BCUT2D eigenvalue weighted by atomic mass is 32.2. The first-order chi connectivity index (χ1) is 19.6. The van der Waals surface area contributed by atoms with Gasteiger partial charge in [0.2, 0.25) is 19.7 Å². The van der Waals surface area contributed by atoms with E-state index in [0.29, 0.717) is 28.7 Å². The van der Waals surface area contributed by atoms with Crippen molar-refractivity contribution in [1.82, 2.24) is 0 Å². The van der Waals surface area contributed by atoms with Crippen LogP contribution in [0.25, 0.3) is 0 Å². The number of aryl methyl sites for hydroxylation is 1. The van der Waals surface area contributed by atoms with E-state index >= 15 is 0 Å². The van der Waals surface area contributed by atoms with E-state index in [2.05, 4.69) is 0 Å². The lowest BCUT2D eigenvalue weighted by molar-refractivity contribution is 0.413. The van der Waals surface area contributed by atoms with Gasteiger partial charge < -0.3 is 14.2 Å².